The number of carbonyl (C=O) groups excluding carboxylic acids is 2. The van der Waals surface area contributed by atoms with Crippen LogP contribution in [-0.4, -0.2) is 32.4 Å². The van der Waals surface area contributed by atoms with Gasteiger partial charge < -0.3 is 19.5 Å². The predicted molar refractivity (Wildman–Crippen MR) is 138 cm³/mol. The first kappa shape index (κ1) is 26.1. The van der Waals surface area contributed by atoms with Gasteiger partial charge in [-0.1, -0.05) is 24.3 Å². The fourth-order valence-electron chi connectivity index (χ4n) is 4.15. The molecule has 8 heteroatoms. The predicted octanol–water partition coefficient (Wildman–Crippen LogP) is 4.61. The lowest BCUT2D eigenvalue weighted by Crippen LogP contribution is -2.26. The van der Waals surface area contributed by atoms with Crippen molar-refractivity contribution in [2.24, 2.45) is 0 Å². The van der Waals surface area contributed by atoms with E-state index in [1.165, 1.54) is 39.0 Å². The first-order chi connectivity index (χ1) is 16.8. The number of rotatable bonds is 7. The smallest absolute Gasteiger partial charge is 0.336 e. The Hall–Kier alpha value is -3.52. The van der Waals surface area contributed by atoms with Gasteiger partial charge in [0, 0.05) is 18.6 Å². The summed E-state index contributed by atoms with van der Waals surface area (Å²) in [5.74, 6) is 0.0354. The number of methoxy groups -OCH3 is 2. The number of ether oxygens (including phenoxy) is 3. The van der Waals surface area contributed by atoms with Gasteiger partial charge in [-0.25, -0.2) is 4.79 Å². The van der Waals surface area contributed by atoms with Crippen LogP contribution in [0, 0.1) is 0 Å². The Morgan fingerprint density at radius 1 is 1.11 bits per heavy atom. The second-order valence-corrected chi connectivity index (χ2v) is 8.70. The van der Waals surface area contributed by atoms with Crippen molar-refractivity contribution in [3.63, 3.8) is 0 Å². The van der Waals surface area contributed by atoms with Crippen molar-refractivity contribution in [3.05, 3.63) is 69.9 Å². The molecule has 0 bridgehead atoms. The molecule has 0 aromatic heterocycles. The maximum atomic E-state index is 12.9. The van der Waals surface area contributed by atoms with Gasteiger partial charge in [-0.05, 0) is 60.9 Å². The van der Waals surface area contributed by atoms with Crippen LogP contribution in [0.1, 0.15) is 37.4 Å². The molecule has 2 aromatic carbocycles. The highest BCUT2D eigenvalue weighted by Gasteiger charge is 2.30. The van der Waals surface area contributed by atoms with Crippen LogP contribution in [0.15, 0.2) is 58.3 Å². The van der Waals surface area contributed by atoms with E-state index in [9.17, 15) is 14.4 Å². The fraction of sp³-hybridized carbons (Fsp3) is 0.296. The van der Waals surface area contributed by atoms with Gasteiger partial charge in [0.2, 0.25) is 11.7 Å². The number of thioether (sulfide) groups is 1. The summed E-state index contributed by atoms with van der Waals surface area (Å²) >= 11 is 1.35. The van der Waals surface area contributed by atoms with E-state index >= 15 is 0 Å². The molecule has 2 aromatic rings. The minimum absolute atomic E-state index is 0.134. The first-order valence-corrected chi connectivity index (χ1v) is 12.4. The topological polar surface area (TPSA) is 90.9 Å². The Kier molecular flexibility index (Phi) is 8.76. The van der Waals surface area contributed by atoms with Crippen LogP contribution in [-0.2, 0) is 16.0 Å². The minimum atomic E-state index is -0.588. The average molecular weight is 496 g/mol. The molecular weight excluding hydrogens is 466 g/mol. The Bertz CT molecular complexity index is 1250. The van der Waals surface area contributed by atoms with E-state index in [-0.39, 0.29) is 23.1 Å². The Balaban J connectivity index is 2.32. The monoisotopic (exact) mass is 495 g/mol. The van der Waals surface area contributed by atoms with Crippen molar-refractivity contribution in [2.45, 2.75) is 37.6 Å². The zero-order valence-corrected chi connectivity index (χ0v) is 21.3. The fourth-order valence-corrected chi connectivity index (χ4v) is 4.61. The van der Waals surface area contributed by atoms with Crippen molar-refractivity contribution in [2.75, 3.05) is 20.5 Å². The molecule has 1 amide bonds. The maximum absolute atomic E-state index is 12.9. The van der Waals surface area contributed by atoms with E-state index in [1.54, 1.807) is 30.4 Å². The Morgan fingerprint density at radius 2 is 1.89 bits per heavy atom. The maximum Gasteiger partial charge on any atom is 0.336 e. The van der Waals surface area contributed by atoms with E-state index in [4.69, 9.17) is 14.2 Å². The number of esters is 1. The molecule has 1 aliphatic carbocycles. The van der Waals surface area contributed by atoms with Crippen molar-refractivity contribution in [3.8, 4) is 28.4 Å². The largest absolute Gasteiger partial charge is 0.493 e. The van der Waals surface area contributed by atoms with Gasteiger partial charge in [0.15, 0.2) is 16.9 Å². The summed E-state index contributed by atoms with van der Waals surface area (Å²) in [5.41, 5.74) is 2.85. The van der Waals surface area contributed by atoms with Crippen LogP contribution in [0.25, 0.3) is 11.1 Å². The molecule has 3 rings (SSSR count). The number of nitrogens with one attached hydrogen (secondary N) is 1. The average Bonchev–Trinajstić information content (AvgIpc) is 3.07. The van der Waals surface area contributed by atoms with Crippen LogP contribution in [0.3, 0.4) is 0 Å². The summed E-state index contributed by atoms with van der Waals surface area (Å²) in [7, 11) is 2.99. The number of hydrogen-bond donors (Lipinski definition) is 1. The van der Waals surface area contributed by atoms with E-state index in [1.807, 2.05) is 25.3 Å². The number of aryl methyl sites for hydroxylation is 1. The quantitative estimate of drug-likeness (QED) is 0.197. The lowest BCUT2D eigenvalue weighted by molar-refractivity contribution is -0.129. The highest BCUT2D eigenvalue weighted by Crippen LogP contribution is 2.50. The molecule has 7 nitrogen and oxygen atoms in total. The van der Waals surface area contributed by atoms with E-state index in [0.717, 1.165) is 11.1 Å². The third-order valence-electron chi connectivity index (χ3n) is 5.63. The molecule has 184 valence electrons. The molecule has 0 spiro atoms. The van der Waals surface area contributed by atoms with Gasteiger partial charge in [0.05, 0.1) is 25.2 Å². The molecule has 0 unspecified atom stereocenters. The molecule has 0 aliphatic heterocycles. The standard InChI is InChI=1S/C27H29NO6S/c1-6-7-8-9-24(31)34-26-22(32-3)14-17-10-12-20(28-16(2)29)19-15-21(30)23(35-5)13-11-18(19)25(17)27(26)33-4/h6-9,11,13-15,20H,10,12H2,1-5H3,(H,28,29)/b7-6+,9-8+/t20-/m0/s1. The van der Waals surface area contributed by atoms with E-state index < -0.39 is 5.97 Å². The van der Waals surface area contributed by atoms with Crippen LogP contribution in [0.5, 0.6) is 17.2 Å². The summed E-state index contributed by atoms with van der Waals surface area (Å²) in [6, 6.07) is 6.63. The first-order valence-electron chi connectivity index (χ1n) is 11.1. The molecule has 1 N–H and O–H groups in total. The van der Waals surface area contributed by atoms with Crippen molar-refractivity contribution in [1.82, 2.24) is 5.32 Å². The Morgan fingerprint density at radius 3 is 2.51 bits per heavy atom. The molecule has 0 saturated carbocycles. The van der Waals surface area contributed by atoms with Crippen molar-refractivity contribution >= 4 is 23.6 Å². The van der Waals surface area contributed by atoms with Gasteiger partial charge in [-0.15, -0.1) is 11.8 Å². The molecule has 0 saturated heterocycles. The summed E-state index contributed by atoms with van der Waals surface area (Å²) in [5, 5.41) is 2.98. The molecule has 0 radical (unpaired) electrons. The number of allylic oxidation sites excluding steroid dienone is 3. The normalized spacial score (nSPS) is 14.7. The zero-order chi connectivity index (χ0) is 25.5. The molecule has 1 atom stereocenters. The summed E-state index contributed by atoms with van der Waals surface area (Å²) in [4.78, 5) is 38.0. The van der Waals surface area contributed by atoms with Gasteiger partial charge in [0.25, 0.3) is 0 Å². The van der Waals surface area contributed by atoms with Crippen LogP contribution in [0.2, 0.25) is 0 Å². The van der Waals surface area contributed by atoms with Crippen molar-refractivity contribution < 1.29 is 23.8 Å². The highest BCUT2D eigenvalue weighted by atomic mass is 32.2. The summed E-state index contributed by atoms with van der Waals surface area (Å²) in [6.07, 6.45) is 9.38. The summed E-state index contributed by atoms with van der Waals surface area (Å²) in [6.45, 7) is 3.30. The highest BCUT2D eigenvalue weighted by molar-refractivity contribution is 7.98. The van der Waals surface area contributed by atoms with E-state index in [0.29, 0.717) is 40.4 Å². The summed E-state index contributed by atoms with van der Waals surface area (Å²) < 4.78 is 17.0. The minimum Gasteiger partial charge on any atom is -0.493 e. The third kappa shape index (κ3) is 5.77. The van der Waals surface area contributed by atoms with Crippen molar-refractivity contribution in [1.29, 1.82) is 0 Å². The van der Waals surface area contributed by atoms with Gasteiger partial charge in [0.1, 0.15) is 0 Å². The third-order valence-corrected chi connectivity index (χ3v) is 6.41. The lowest BCUT2D eigenvalue weighted by Gasteiger charge is -2.20. The SMILES string of the molecule is C/C=C/C=C/C(=O)Oc1c(OC)cc2c(c1OC)-c1ccc(SC)c(=O)cc1[C@@H](NC(C)=O)CC2. The van der Waals surface area contributed by atoms with Gasteiger partial charge in [-0.3, -0.25) is 9.59 Å². The molecule has 0 fully saturated rings. The second kappa shape index (κ2) is 11.8. The Labute approximate surface area is 209 Å². The molecule has 1 aliphatic rings. The lowest BCUT2D eigenvalue weighted by atomic mass is 9.95. The number of fused-ring (bicyclic) bond motifs is 3. The second-order valence-electron chi connectivity index (χ2n) is 7.85. The number of carbonyl (C=O) groups is 2. The number of amides is 1. The van der Waals surface area contributed by atoms with Crippen LogP contribution < -0.4 is 25.0 Å². The number of hydrogen-bond acceptors (Lipinski definition) is 7. The van der Waals surface area contributed by atoms with Crippen LogP contribution >= 0.6 is 11.8 Å². The van der Waals surface area contributed by atoms with Crippen LogP contribution in [0.4, 0.5) is 0 Å². The molecular formula is C27H29NO6S. The van der Waals surface area contributed by atoms with Gasteiger partial charge in [-0.2, -0.15) is 0 Å². The molecule has 0 heterocycles. The zero-order valence-electron chi connectivity index (χ0n) is 20.5. The van der Waals surface area contributed by atoms with E-state index in [2.05, 4.69) is 5.32 Å². The molecule has 35 heavy (non-hydrogen) atoms. The van der Waals surface area contributed by atoms with Gasteiger partial charge >= 0.3 is 5.97 Å². The number of benzene rings is 1.